The van der Waals surface area contributed by atoms with Crippen molar-refractivity contribution in [3.05, 3.63) is 106 Å². The molecule has 9 nitrogen and oxygen atoms in total. The summed E-state index contributed by atoms with van der Waals surface area (Å²) in [7, 11) is 0. The molecule has 9 rings (SSSR count). The van der Waals surface area contributed by atoms with Crippen molar-refractivity contribution < 1.29 is 114 Å². The largest absolute Gasteiger partial charge is 1.00 e. The Balaban J connectivity index is 0.000000185. The van der Waals surface area contributed by atoms with Crippen LogP contribution in [0.2, 0.25) is 0 Å². The number of nitrogens with zero attached hydrogens (tertiary/aromatic N) is 3. The lowest BCUT2D eigenvalue weighted by atomic mass is 10.1. The van der Waals surface area contributed by atoms with Gasteiger partial charge >= 0.3 is 17.6 Å². The third kappa shape index (κ3) is 9.76. The smallest absolute Gasteiger partial charge is 0.379 e. The van der Waals surface area contributed by atoms with Gasteiger partial charge in [-0.25, -0.2) is 0 Å². The molecule has 0 saturated carbocycles. The molecule has 0 aliphatic carbocycles. The molecule has 0 radical (unpaired) electrons. The number of carbonyl (C=O) groups excluding carboxylic acids is 3. The molecule has 3 atom stereocenters. The lowest BCUT2D eigenvalue weighted by molar-refractivity contribution is -0.674. The van der Waals surface area contributed by atoms with Crippen molar-refractivity contribution >= 4 is 119 Å². The molecule has 0 spiro atoms. The average Bonchev–Trinajstić information content (AvgIpc) is 3.95. The van der Waals surface area contributed by atoms with Gasteiger partial charge in [-0.1, -0.05) is 86.0 Å². The molecule has 15 heteroatoms. The van der Waals surface area contributed by atoms with E-state index in [0.717, 1.165) is 64.8 Å². The van der Waals surface area contributed by atoms with Crippen LogP contribution in [0, 0.1) is 20.8 Å². The highest BCUT2D eigenvalue weighted by atomic mass is 127. The molecule has 3 aromatic heterocycles. The van der Waals surface area contributed by atoms with Crippen LogP contribution in [0.5, 0.6) is 17.6 Å². The molecule has 57 heavy (non-hydrogen) atoms. The molecule has 3 aliphatic rings. The minimum atomic E-state index is 0. The van der Waals surface area contributed by atoms with Gasteiger partial charge in [-0.15, -0.1) is 0 Å². The summed E-state index contributed by atoms with van der Waals surface area (Å²) < 4.78 is 26.5. The number of halogens is 6. The van der Waals surface area contributed by atoms with E-state index in [0.29, 0.717) is 72.3 Å². The maximum absolute atomic E-state index is 11.2. The highest BCUT2D eigenvalue weighted by Gasteiger charge is 2.38. The van der Waals surface area contributed by atoms with Crippen LogP contribution in [-0.2, 0) is 0 Å². The van der Waals surface area contributed by atoms with Gasteiger partial charge < -0.3 is 86.1 Å². The number of rotatable bonds is 6. The fourth-order valence-corrected chi connectivity index (χ4v) is 9.22. The van der Waals surface area contributed by atoms with Gasteiger partial charge in [0, 0.05) is 34.4 Å². The predicted molar refractivity (Wildman–Crippen MR) is 233 cm³/mol. The minimum Gasteiger partial charge on any atom is -1.00 e. The lowest BCUT2D eigenvalue weighted by Gasteiger charge is -2.04. The molecular weight excluding hydrogens is 1400 g/mol. The first-order chi connectivity index (χ1) is 26.2. The van der Waals surface area contributed by atoms with E-state index < -0.39 is 0 Å². The van der Waals surface area contributed by atoms with Gasteiger partial charge in [-0.2, -0.15) is 13.7 Å². The molecule has 6 heterocycles. The number of aldehydes is 3. The van der Waals surface area contributed by atoms with Crippen LogP contribution in [0.3, 0.4) is 0 Å². The zero-order chi connectivity index (χ0) is 38.1. The van der Waals surface area contributed by atoms with Gasteiger partial charge in [-0.3, -0.25) is 14.4 Å². The summed E-state index contributed by atoms with van der Waals surface area (Å²) in [5.74, 6) is 2.14. The number of aryl methyl sites for hydroxylation is 3. The Morgan fingerprint density at radius 2 is 0.754 bits per heavy atom. The average molecular weight is 1440 g/mol. The Hall–Kier alpha value is -1.32. The molecule has 0 amide bonds. The Bertz CT molecular complexity index is 2200. The second-order valence-electron chi connectivity index (χ2n) is 13.7. The molecule has 6 aromatic rings. The summed E-state index contributed by atoms with van der Waals surface area (Å²) in [4.78, 5) is 33.5. The van der Waals surface area contributed by atoms with Crippen molar-refractivity contribution in [1.82, 2.24) is 0 Å². The fourth-order valence-electron chi connectivity index (χ4n) is 7.28. The Kier molecular flexibility index (Phi) is 18.2. The molecule has 3 unspecified atom stereocenters. The molecule has 300 valence electrons. The first-order valence-corrected chi connectivity index (χ1v) is 22.2. The Morgan fingerprint density at radius 3 is 0.982 bits per heavy atom. The maximum Gasteiger partial charge on any atom is 0.379 e. The van der Waals surface area contributed by atoms with Crippen molar-refractivity contribution in [1.29, 1.82) is 0 Å². The molecule has 0 fully saturated rings. The van der Waals surface area contributed by atoms with Gasteiger partial charge in [0.2, 0.25) is 34.7 Å². The highest BCUT2D eigenvalue weighted by Crippen LogP contribution is 2.30. The number of benzene rings is 3. The first-order valence-electron chi connectivity index (χ1n) is 17.6. The van der Waals surface area contributed by atoms with E-state index in [4.69, 9.17) is 14.2 Å². The van der Waals surface area contributed by atoms with Crippen LogP contribution in [-0.4, -0.2) is 52.0 Å². The standard InChI is InChI=1S/3C14H13INO2.3HI/c3*1-9-2-3-10-5-11(7-17)14-16(13(10)4-9)12(6-15)8-18-14;;;/h3*2-5,7,12H,6,8H2,1H3;3*1H/q3*+1;;;/p-3. The van der Waals surface area contributed by atoms with Crippen LogP contribution in [0.15, 0.2) is 72.8 Å². The number of hydrogen-bond acceptors (Lipinski definition) is 6. The number of alkyl halides is 3. The SMILES string of the molecule is Cc1ccc2cc(C=O)c3[n+](c2c1)C(CI)CO3.Cc1ccc2cc(C=O)c3[n+](c2c1)C(CI)CO3.Cc1ccc2cc(C=O)c3[n+](c2c1)C(CI)CO3.[I-].[I-].[I-]. The normalized spacial score (nSPS) is 16.6. The molecule has 3 aliphatic heterocycles. The van der Waals surface area contributed by atoms with Crippen molar-refractivity contribution in [3.63, 3.8) is 0 Å². The minimum absolute atomic E-state index is 0. The van der Waals surface area contributed by atoms with E-state index in [1.165, 1.54) is 16.7 Å². The summed E-state index contributed by atoms with van der Waals surface area (Å²) in [6.45, 7) is 8.18. The van der Waals surface area contributed by atoms with E-state index in [-0.39, 0.29) is 71.9 Å². The number of hydrogen-bond donors (Lipinski definition) is 0. The molecule has 3 aromatic carbocycles. The van der Waals surface area contributed by atoms with Gasteiger partial charge in [0.1, 0.15) is 16.7 Å². The quantitative estimate of drug-likeness (QED) is 0.0909. The zero-order valence-electron chi connectivity index (χ0n) is 31.2. The number of pyridine rings is 3. The number of aromatic nitrogens is 3. The van der Waals surface area contributed by atoms with E-state index >= 15 is 0 Å². The topological polar surface area (TPSA) is 90.5 Å². The van der Waals surface area contributed by atoms with E-state index in [9.17, 15) is 14.4 Å². The van der Waals surface area contributed by atoms with Gasteiger partial charge in [-0.05, 0) is 73.9 Å². The van der Waals surface area contributed by atoms with E-state index in [1.807, 2.05) is 18.2 Å². The summed E-state index contributed by atoms with van der Waals surface area (Å²) in [5.41, 5.74) is 9.01. The van der Waals surface area contributed by atoms with Crippen molar-refractivity contribution in [2.45, 2.75) is 38.9 Å². The second-order valence-corrected chi connectivity index (χ2v) is 16.4. The summed E-state index contributed by atoms with van der Waals surface area (Å²) >= 11 is 7.09. The van der Waals surface area contributed by atoms with E-state index in [1.54, 1.807) is 0 Å². The lowest BCUT2D eigenvalue weighted by Crippen LogP contribution is -3.00. The fraction of sp³-hybridized carbons (Fsp3) is 0.286. The molecule has 0 saturated heterocycles. The van der Waals surface area contributed by atoms with Crippen molar-refractivity contribution in [2.75, 3.05) is 33.1 Å². The summed E-state index contributed by atoms with van der Waals surface area (Å²) in [5, 5.41) is 3.27. The monoisotopic (exact) mass is 1440 g/mol. The van der Waals surface area contributed by atoms with E-state index in [2.05, 4.69) is 157 Å². The predicted octanol–water partition coefficient (Wildman–Crippen LogP) is -1.14. The van der Waals surface area contributed by atoms with Crippen LogP contribution in [0.4, 0.5) is 0 Å². The highest BCUT2D eigenvalue weighted by molar-refractivity contribution is 14.1. The molecule has 0 bridgehead atoms. The second kappa shape index (κ2) is 21.5. The van der Waals surface area contributed by atoms with Crippen LogP contribution in [0.25, 0.3) is 32.7 Å². The van der Waals surface area contributed by atoms with Gasteiger partial charge in [0.25, 0.3) is 0 Å². The van der Waals surface area contributed by atoms with Gasteiger partial charge in [0.15, 0.2) is 38.7 Å². The van der Waals surface area contributed by atoms with Gasteiger partial charge in [0.05, 0.1) is 13.3 Å². The van der Waals surface area contributed by atoms with Crippen LogP contribution < -0.4 is 99.8 Å². The zero-order valence-corrected chi connectivity index (χ0v) is 44.1. The first kappa shape index (κ1) is 48.3. The Labute approximate surface area is 423 Å². The number of carbonyl (C=O) groups is 3. The van der Waals surface area contributed by atoms with Crippen molar-refractivity contribution in [3.8, 4) is 17.6 Å². The number of fused-ring (bicyclic) bond motifs is 9. The molecule has 0 N–H and O–H groups in total. The summed E-state index contributed by atoms with van der Waals surface area (Å²) in [6, 6.07) is 25.5. The third-order valence-electron chi connectivity index (χ3n) is 9.91. The van der Waals surface area contributed by atoms with Crippen LogP contribution in [0.1, 0.15) is 65.9 Å². The van der Waals surface area contributed by atoms with Crippen molar-refractivity contribution in [2.24, 2.45) is 0 Å². The molecular formula is C42H39I6N3O6. The number of ether oxygens (including phenoxy) is 3. The van der Waals surface area contributed by atoms with Crippen LogP contribution >= 0.6 is 67.8 Å². The Morgan fingerprint density at radius 1 is 0.491 bits per heavy atom. The maximum atomic E-state index is 11.2. The third-order valence-corrected chi connectivity index (χ3v) is 13.0. The summed E-state index contributed by atoms with van der Waals surface area (Å²) in [6.07, 6.45) is 2.63.